The summed E-state index contributed by atoms with van der Waals surface area (Å²) in [6.07, 6.45) is 2.29. The number of para-hydroxylation sites is 1. The van der Waals surface area contributed by atoms with Crippen LogP contribution < -0.4 is 5.32 Å². The molecule has 0 aromatic heterocycles. The summed E-state index contributed by atoms with van der Waals surface area (Å²) in [7, 11) is 4.08. The number of nitrogens with one attached hydrogen (secondary N) is 1. The molecule has 18 heavy (non-hydrogen) atoms. The molecule has 0 heterocycles. The number of unbranched alkanes of at least 4 members (excludes halogenated alkanes) is 1. The highest BCUT2D eigenvalue weighted by Crippen LogP contribution is 2.15. The molecular formula is C14H22N2O2. The molecule has 0 spiro atoms. The molecule has 0 atom stereocenters. The summed E-state index contributed by atoms with van der Waals surface area (Å²) < 4.78 is 0. The topological polar surface area (TPSA) is 52.6 Å². The van der Waals surface area contributed by atoms with Crippen molar-refractivity contribution in [1.29, 1.82) is 0 Å². The quantitative estimate of drug-likeness (QED) is 0.719. The van der Waals surface area contributed by atoms with Gasteiger partial charge in [0.1, 0.15) is 5.75 Å². The van der Waals surface area contributed by atoms with Gasteiger partial charge in [-0.1, -0.05) is 18.2 Å². The van der Waals surface area contributed by atoms with E-state index in [1.165, 1.54) is 0 Å². The Bertz CT molecular complexity index is 378. The van der Waals surface area contributed by atoms with Crippen molar-refractivity contribution in [2.75, 3.05) is 27.2 Å². The summed E-state index contributed by atoms with van der Waals surface area (Å²) in [5.41, 5.74) is 0.670. The number of rotatable bonds is 7. The highest BCUT2D eigenvalue weighted by Gasteiger charge is 2.06. The fourth-order valence-corrected chi connectivity index (χ4v) is 1.68. The molecule has 0 aliphatic carbocycles. The minimum Gasteiger partial charge on any atom is -0.508 e. The molecule has 4 heteroatoms. The SMILES string of the molecule is CN(C)CCCCNC(=O)Cc1ccccc1O. The smallest absolute Gasteiger partial charge is 0.224 e. The molecule has 0 saturated heterocycles. The molecule has 1 amide bonds. The zero-order valence-corrected chi connectivity index (χ0v) is 11.1. The van der Waals surface area contributed by atoms with Crippen molar-refractivity contribution in [3.8, 4) is 5.75 Å². The minimum absolute atomic E-state index is 0.0404. The Morgan fingerprint density at radius 3 is 2.67 bits per heavy atom. The van der Waals surface area contributed by atoms with Gasteiger partial charge in [-0.25, -0.2) is 0 Å². The van der Waals surface area contributed by atoms with Gasteiger partial charge >= 0.3 is 0 Å². The van der Waals surface area contributed by atoms with Crippen LogP contribution in [-0.4, -0.2) is 43.1 Å². The maximum absolute atomic E-state index is 11.6. The Hall–Kier alpha value is -1.55. The van der Waals surface area contributed by atoms with Gasteiger partial charge in [0.2, 0.25) is 5.91 Å². The van der Waals surface area contributed by atoms with Gasteiger partial charge < -0.3 is 15.3 Å². The monoisotopic (exact) mass is 250 g/mol. The van der Waals surface area contributed by atoms with Gasteiger partial charge in [0.15, 0.2) is 0 Å². The number of nitrogens with zero attached hydrogens (tertiary/aromatic N) is 1. The molecule has 1 aromatic rings. The van der Waals surface area contributed by atoms with E-state index in [0.717, 1.165) is 19.4 Å². The third kappa shape index (κ3) is 5.68. The van der Waals surface area contributed by atoms with Gasteiger partial charge in [0.05, 0.1) is 6.42 Å². The average Bonchev–Trinajstić information content (AvgIpc) is 2.31. The van der Waals surface area contributed by atoms with E-state index in [1.807, 2.05) is 20.2 Å². The number of phenols is 1. The van der Waals surface area contributed by atoms with Crippen molar-refractivity contribution < 1.29 is 9.90 Å². The first kappa shape index (κ1) is 14.5. The molecule has 0 unspecified atom stereocenters. The molecule has 100 valence electrons. The number of carbonyl (C=O) groups is 1. The van der Waals surface area contributed by atoms with Crippen molar-refractivity contribution in [2.24, 2.45) is 0 Å². The number of aromatic hydroxyl groups is 1. The van der Waals surface area contributed by atoms with E-state index in [4.69, 9.17) is 0 Å². The Labute approximate surface area is 109 Å². The van der Waals surface area contributed by atoms with Gasteiger partial charge in [-0.2, -0.15) is 0 Å². The second-order valence-electron chi connectivity index (χ2n) is 4.67. The molecule has 1 rings (SSSR count). The van der Waals surface area contributed by atoms with E-state index in [1.54, 1.807) is 18.2 Å². The van der Waals surface area contributed by atoms with Crippen molar-refractivity contribution in [3.05, 3.63) is 29.8 Å². The maximum Gasteiger partial charge on any atom is 0.224 e. The van der Waals surface area contributed by atoms with Crippen LogP contribution in [0.15, 0.2) is 24.3 Å². The van der Waals surface area contributed by atoms with Crippen LogP contribution in [0.5, 0.6) is 5.75 Å². The Morgan fingerprint density at radius 2 is 2.00 bits per heavy atom. The zero-order chi connectivity index (χ0) is 13.4. The third-order valence-corrected chi connectivity index (χ3v) is 2.70. The van der Waals surface area contributed by atoms with E-state index in [-0.39, 0.29) is 18.1 Å². The molecule has 0 aliphatic heterocycles. The van der Waals surface area contributed by atoms with Crippen LogP contribution in [-0.2, 0) is 11.2 Å². The van der Waals surface area contributed by atoms with Crippen LogP contribution in [0.3, 0.4) is 0 Å². The van der Waals surface area contributed by atoms with Crippen molar-refractivity contribution >= 4 is 5.91 Å². The summed E-state index contributed by atoms with van der Waals surface area (Å²) in [5.74, 6) is 0.140. The summed E-state index contributed by atoms with van der Waals surface area (Å²) >= 11 is 0. The van der Waals surface area contributed by atoms with Crippen LogP contribution in [0.1, 0.15) is 18.4 Å². The molecule has 0 aliphatic rings. The van der Waals surface area contributed by atoms with Gasteiger partial charge in [-0.3, -0.25) is 4.79 Å². The average molecular weight is 250 g/mol. The molecule has 2 N–H and O–H groups in total. The zero-order valence-electron chi connectivity index (χ0n) is 11.1. The Balaban J connectivity index is 2.20. The fourth-order valence-electron chi connectivity index (χ4n) is 1.68. The van der Waals surface area contributed by atoms with E-state index in [2.05, 4.69) is 10.2 Å². The van der Waals surface area contributed by atoms with Crippen LogP contribution in [0.4, 0.5) is 0 Å². The second-order valence-corrected chi connectivity index (χ2v) is 4.67. The molecule has 0 radical (unpaired) electrons. The largest absolute Gasteiger partial charge is 0.508 e. The first-order valence-electron chi connectivity index (χ1n) is 6.28. The highest BCUT2D eigenvalue weighted by atomic mass is 16.3. The van der Waals surface area contributed by atoms with Crippen LogP contribution in [0.2, 0.25) is 0 Å². The normalized spacial score (nSPS) is 10.6. The standard InChI is InChI=1S/C14H22N2O2/c1-16(2)10-6-5-9-15-14(18)11-12-7-3-4-8-13(12)17/h3-4,7-8,17H,5-6,9-11H2,1-2H3,(H,15,18). The molecule has 0 fully saturated rings. The number of phenolic OH excluding ortho intramolecular Hbond substituents is 1. The number of benzene rings is 1. The van der Waals surface area contributed by atoms with Gasteiger partial charge in [-0.05, 0) is 39.5 Å². The first-order chi connectivity index (χ1) is 8.59. The van der Waals surface area contributed by atoms with E-state index < -0.39 is 0 Å². The van der Waals surface area contributed by atoms with Gasteiger partial charge in [0.25, 0.3) is 0 Å². The lowest BCUT2D eigenvalue weighted by Gasteiger charge is -2.09. The van der Waals surface area contributed by atoms with Crippen molar-refractivity contribution in [3.63, 3.8) is 0 Å². The number of hydrogen-bond acceptors (Lipinski definition) is 3. The van der Waals surface area contributed by atoms with E-state index >= 15 is 0 Å². The van der Waals surface area contributed by atoms with Gasteiger partial charge in [0, 0.05) is 12.1 Å². The predicted octanol–water partition coefficient (Wildman–Crippen LogP) is 1.39. The lowest BCUT2D eigenvalue weighted by atomic mass is 10.1. The highest BCUT2D eigenvalue weighted by molar-refractivity contribution is 5.79. The third-order valence-electron chi connectivity index (χ3n) is 2.70. The van der Waals surface area contributed by atoms with Crippen LogP contribution in [0.25, 0.3) is 0 Å². The van der Waals surface area contributed by atoms with E-state index in [0.29, 0.717) is 12.1 Å². The summed E-state index contributed by atoms with van der Waals surface area (Å²) in [4.78, 5) is 13.8. The number of amides is 1. The molecule has 4 nitrogen and oxygen atoms in total. The minimum atomic E-state index is -0.0404. The second kappa shape index (κ2) is 7.71. The van der Waals surface area contributed by atoms with E-state index in [9.17, 15) is 9.90 Å². The lowest BCUT2D eigenvalue weighted by Crippen LogP contribution is -2.26. The summed E-state index contributed by atoms with van der Waals surface area (Å²) in [5, 5.41) is 12.4. The Morgan fingerprint density at radius 1 is 1.28 bits per heavy atom. The molecule has 0 saturated carbocycles. The van der Waals surface area contributed by atoms with Crippen molar-refractivity contribution in [2.45, 2.75) is 19.3 Å². The molecule has 0 bridgehead atoms. The number of hydrogen-bond donors (Lipinski definition) is 2. The van der Waals surface area contributed by atoms with Gasteiger partial charge in [-0.15, -0.1) is 0 Å². The summed E-state index contributed by atoms with van der Waals surface area (Å²) in [6, 6.07) is 6.93. The van der Waals surface area contributed by atoms with Crippen molar-refractivity contribution in [1.82, 2.24) is 10.2 Å². The Kier molecular flexibility index (Phi) is 6.22. The predicted molar refractivity (Wildman–Crippen MR) is 72.6 cm³/mol. The van der Waals surface area contributed by atoms with Crippen LogP contribution >= 0.6 is 0 Å². The molecular weight excluding hydrogens is 228 g/mol. The number of carbonyl (C=O) groups excluding carboxylic acids is 1. The molecule has 1 aromatic carbocycles. The first-order valence-corrected chi connectivity index (χ1v) is 6.28. The van der Waals surface area contributed by atoms with Crippen LogP contribution in [0, 0.1) is 0 Å². The maximum atomic E-state index is 11.6. The lowest BCUT2D eigenvalue weighted by molar-refractivity contribution is -0.120. The summed E-state index contributed by atoms with van der Waals surface area (Å²) in [6.45, 7) is 1.73. The fraction of sp³-hybridized carbons (Fsp3) is 0.500.